The molecule has 7 nitrogen and oxygen atoms in total. The monoisotopic (exact) mass is 568 g/mol. The Labute approximate surface area is 248 Å². The molecule has 0 fully saturated rings. The predicted octanol–water partition coefficient (Wildman–Crippen LogP) is 6.05. The quantitative estimate of drug-likeness (QED) is 0.0953. The van der Waals surface area contributed by atoms with E-state index < -0.39 is 5.97 Å². The smallest absolute Gasteiger partial charge is 0.333 e. The molecule has 7 heteroatoms. The lowest BCUT2D eigenvalue weighted by Crippen LogP contribution is -2.31. The maximum atomic E-state index is 13.8. The van der Waals surface area contributed by atoms with Crippen LogP contribution in [0.1, 0.15) is 45.0 Å². The van der Waals surface area contributed by atoms with Gasteiger partial charge in [0.1, 0.15) is 31.0 Å². The van der Waals surface area contributed by atoms with Gasteiger partial charge in [0, 0.05) is 65.6 Å². The van der Waals surface area contributed by atoms with Gasteiger partial charge in [-0.1, -0.05) is 24.8 Å². The average molecular weight is 569 g/mol. The van der Waals surface area contributed by atoms with Gasteiger partial charge in [0.2, 0.25) is 5.36 Å². The van der Waals surface area contributed by atoms with Crippen molar-refractivity contribution >= 4 is 28.5 Å². The van der Waals surface area contributed by atoms with Crippen molar-refractivity contribution in [2.24, 2.45) is 0 Å². The number of nitrogens with zero attached hydrogens (tertiary/aromatic N) is 3. The van der Waals surface area contributed by atoms with E-state index in [2.05, 4.69) is 80.1 Å². The van der Waals surface area contributed by atoms with E-state index >= 15 is 0 Å². The van der Waals surface area contributed by atoms with Crippen molar-refractivity contribution in [3.8, 4) is 22.5 Å². The molecule has 0 saturated carbocycles. The molecule has 42 heavy (non-hydrogen) atoms. The molecule has 4 rings (SSSR count). The third-order valence-corrected chi connectivity index (χ3v) is 7.73. The largest absolute Gasteiger partial charge is 0.460 e. The van der Waals surface area contributed by atoms with Crippen LogP contribution in [0, 0.1) is 0 Å². The van der Waals surface area contributed by atoms with Crippen LogP contribution in [-0.4, -0.2) is 63.2 Å². The molecule has 1 aliphatic heterocycles. The predicted molar refractivity (Wildman–Crippen MR) is 171 cm³/mol. The fourth-order valence-electron chi connectivity index (χ4n) is 5.32. The fourth-order valence-corrected chi connectivity index (χ4v) is 5.32. The molecule has 0 radical (unpaired) electrons. The number of amides is 1. The van der Waals surface area contributed by atoms with Gasteiger partial charge in [0.25, 0.3) is 5.91 Å². The van der Waals surface area contributed by atoms with Crippen molar-refractivity contribution < 1.29 is 18.7 Å². The van der Waals surface area contributed by atoms with E-state index in [0.29, 0.717) is 11.1 Å². The third kappa shape index (κ3) is 6.25. The Kier molecular flexibility index (Phi) is 9.84. The van der Waals surface area contributed by atoms with Crippen LogP contribution in [-0.2, 0) is 9.53 Å². The number of carbonyl (C=O) groups is 2. The van der Waals surface area contributed by atoms with Crippen LogP contribution in [0.2, 0.25) is 0 Å². The molecule has 0 atom stereocenters. The minimum atomic E-state index is -0.463. The lowest BCUT2D eigenvalue weighted by molar-refractivity contribution is -0.139. The zero-order valence-corrected chi connectivity index (χ0v) is 25.7. The van der Waals surface area contributed by atoms with Crippen LogP contribution in [0.5, 0.6) is 0 Å². The Morgan fingerprint density at radius 3 is 2.31 bits per heavy atom. The minimum absolute atomic E-state index is 0.0917. The summed E-state index contributed by atoms with van der Waals surface area (Å²) in [6.45, 7) is 17.7. The highest BCUT2D eigenvalue weighted by Crippen LogP contribution is 2.42. The van der Waals surface area contributed by atoms with E-state index in [1.54, 1.807) is 18.9 Å². The molecule has 0 spiro atoms. The van der Waals surface area contributed by atoms with Gasteiger partial charge in [0.15, 0.2) is 0 Å². The zero-order valence-electron chi connectivity index (χ0n) is 25.7. The molecule has 2 aromatic rings. The van der Waals surface area contributed by atoms with Crippen molar-refractivity contribution in [1.29, 1.82) is 0 Å². The first-order valence-electron chi connectivity index (χ1n) is 14.7. The summed E-state index contributed by atoms with van der Waals surface area (Å²) in [6, 6.07) is 20.3. The van der Waals surface area contributed by atoms with E-state index in [1.165, 1.54) is 0 Å². The normalized spacial score (nSPS) is 11.0. The Morgan fingerprint density at radius 2 is 1.64 bits per heavy atom. The van der Waals surface area contributed by atoms with Crippen molar-refractivity contribution in [2.45, 2.75) is 34.6 Å². The Hall–Kier alpha value is -4.39. The standard InChI is InChI=1S/C35H42N3O4/c1-8-37(9-2)25-16-18-29-31(22-25)42-32-23-26(38(10-3)11-4)17-19-30(32)33(29)27-14-12-13-15-28(27)34(39)36(7)20-21-41-35(40)24(5)6/h12-19,22-23H,5,8-11,20-21H2,1-4,6-7H3/q+1. The number of carbonyl (C=O) groups excluding carboxylic acids is 2. The Bertz CT molecular complexity index is 1640. The van der Waals surface area contributed by atoms with Crippen molar-refractivity contribution in [1.82, 2.24) is 9.48 Å². The number of anilines is 1. The van der Waals surface area contributed by atoms with E-state index in [-0.39, 0.29) is 19.1 Å². The van der Waals surface area contributed by atoms with Gasteiger partial charge in [-0.25, -0.2) is 9.37 Å². The van der Waals surface area contributed by atoms with Gasteiger partial charge < -0.3 is 19.0 Å². The maximum Gasteiger partial charge on any atom is 0.333 e. The summed E-state index contributed by atoms with van der Waals surface area (Å²) in [5, 5.41) is 2.03. The summed E-state index contributed by atoms with van der Waals surface area (Å²) in [5.41, 5.74) is 5.47. The summed E-state index contributed by atoms with van der Waals surface area (Å²) in [7, 11) is 1.72. The van der Waals surface area contributed by atoms with E-state index in [9.17, 15) is 9.59 Å². The molecule has 220 valence electrons. The third-order valence-electron chi connectivity index (χ3n) is 7.73. The Morgan fingerprint density at radius 1 is 0.929 bits per heavy atom. The topological polar surface area (TPSA) is 66.0 Å². The first-order chi connectivity index (χ1) is 20.2. The van der Waals surface area contributed by atoms with Crippen molar-refractivity contribution in [3.05, 3.63) is 83.7 Å². The lowest BCUT2D eigenvalue weighted by Gasteiger charge is -2.23. The fraction of sp³-hybridized carbons (Fsp3) is 0.343. The van der Waals surface area contributed by atoms with E-state index in [0.717, 1.165) is 70.6 Å². The van der Waals surface area contributed by atoms with Crippen LogP contribution in [0.3, 0.4) is 0 Å². The van der Waals surface area contributed by atoms with Gasteiger partial charge in [-0.05, 0) is 64.4 Å². The van der Waals surface area contributed by atoms with Gasteiger partial charge in [0.05, 0.1) is 12.6 Å². The molecule has 0 bridgehead atoms. The molecular formula is C35H42N3O4+. The first kappa shape index (κ1) is 30.6. The molecular weight excluding hydrogens is 526 g/mol. The zero-order chi connectivity index (χ0) is 30.4. The average Bonchev–Trinajstić information content (AvgIpc) is 3.00. The SMILES string of the molecule is C=C(C)C(=O)OCCN(C)C(=O)c1ccccc1-c1c2ccc(=[N+](CC)CC)cc-2oc2cc(N(CC)CC)ccc12. The molecule has 1 amide bonds. The van der Waals surface area contributed by atoms with Gasteiger partial charge in [-0.3, -0.25) is 4.79 Å². The van der Waals surface area contributed by atoms with Crippen LogP contribution < -0.4 is 14.8 Å². The Balaban J connectivity index is 1.91. The molecule has 0 N–H and O–H groups in total. The van der Waals surface area contributed by atoms with Gasteiger partial charge in [-0.2, -0.15) is 0 Å². The second-order valence-corrected chi connectivity index (χ2v) is 10.4. The highest BCUT2D eigenvalue weighted by atomic mass is 16.5. The number of esters is 1. The van der Waals surface area contributed by atoms with Gasteiger partial charge >= 0.3 is 5.97 Å². The van der Waals surface area contributed by atoms with Crippen LogP contribution in [0.25, 0.3) is 33.4 Å². The number of rotatable bonds is 11. The molecule has 2 aliphatic rings. The highest BCUT2D eigenvalue weighted by Gasteiger charge is 2.24. The number of benzene rings is 3. The summed E-state index contributed by atoms with van der Waals surface area (Å²) < 4.78 is 14.1. The molecule has 1 heterocycles. The number of hydrogen-bond donors (Lipinski definition) is 0. The summed E-state index contributed by atoms with van der Waals surface area (Å²) in [6.07, 6.45) is 0. The molecule has 0 unspecified atom stereocenters. The van der Waals surface area contributed by atoms with Crippen LogP contribution in [0.15, 0.2) is 77.2 Å². The minimum Gasteiger partial charge on any atom is -0.460 e. The van der Waals surface area contributed by atoms with Crippen LogP contribution >= 0.6 is 0 Å². The maximum absolute atomic E-state index is 13.8. The van der Waals surface area contributed by atoms with Gasteiger partial charge in [-0.15, -0.1) is 0 Å². The van der Waals surface area contributed by atoms with E-state index in [4.69, 9.17) is 9.15 Å². The van der Waals surface area contributed by atoms with Crippen LogP contribution in [0.4, 0.5) is 5.69 Å². The highest BCUT2D eigenvalue weighted by molar-refractivity contribution is 6.09. The molecule has 0 aromatic heterocycles. The molecule has 2 aromatic carbocycles. The number of likely N-dealkylation sites (N-methyl/N-ethyl adjacent to an activating group) is 1. The molecule has 1 aliphatic carbocycles. The van der Waals surface area contributed by atoms with Crippen molar-refractivity contribution in [2.75, 3.05) is 51.3 Å². The summed E-state index contributed by atoms with van der Waals surface area (Å²) in [4.78, 5) is 29.5. The number of fused-ring (bicyclic) bond motifs is 2. The molecule has 0 saturated heterocycles. The summed E-state index contributed by atoms with van der Waals surface area (Å²) >= 11 is 0. The first-order valence-corrected chi connectivity index (χ1v) is 14.7. The number of hydrogen-bond acceptors (Lipinski definition) is 5. The second kappa shape index (κ2) is 13.5. The lowest BCUT2D eigenvalue weighted by atomic mass is 9.90. The van der Waals surface area contributed by atoms with Crippen molar-refractivity contribution in [3.63, 3.8) is 0 Å². The van der Waals surface area contributed by atoms with E-state index in [1.807, 2.05) is 24.3 Å². The second-order valence-electron chi connectivity index (χ2n) is 10.4. The summed E-state index contributed by atoms with van der Waals surface area (Å²) in [5.74, 6) is 0.148. The number of ether oxygens (including phenoxy) is 1.